The van der Waals surface area contributed by atoms with Gasteiger partial charge in [0.25, 0.3) is 0 Å². The molecule has 9 heteroatoms. The number of hydrogen-bond donors (Lipinski definition) is 0. The SMILES string of the molecule is CN(Cc1csnn1)C[C@H]1CCc2nc(C(F)(F)F)cn2C1. The Morgan fingerprint density at radius 3 is 2.95 bits per heavy atom. The second-order valence-electron chi connectivity index (χ2n) is 5.69. The molecule has 2 aromatic rings. The Morgan fingerprint density at radius 2 is 2.27 bits per heavy atom. The summed E-state index contributed by atoms with van der Waals surface area (Å²) in [6.45, 7) is 2.10. The van der Waals surface area contributed by atoms with E-state index in [0.29, 0.717) is 31.3 Å². The van der Waals surface area contributed by atoms with Crippen molar-refractivity contribution in [1.29, 1.82) is 0 Å². The van der Waals surface area contributed by atoms with Crippen molar-refractivity contribution >= 4 is 11.5 Å². The molecule has 0 saturated heterocycles. The van der Waals surface area contributed by atoms with Gasteiger partial charge in [-0.25, -0.2) is 4.98 Å². The molecule has 1 aliphatic rings. The smallest absolute Gasteiger partial charge is 0.334 e. The third-order valence-electron chi connectivity index (χ3n) is 3.79. The molecular weight excluding hydrogens is 315 g/mol. The molecule has 0 N–H and O–H groups in total. The van der Waals surface area contributed by atoms with Gasteiger partial charge < -0.3 is 9.47 Å². The van der Waals surface area contributed by atoms with E-state index in [1.54, 1.807) is 4.57 Å². The predicted molar refractivity (Wildman–Crippen MR) is 75.3 cm³/mol. The van der Waals surface area contributed by atoms with Crippen molar-refractivity contribution in [3.8, 4) is 0 Å². The third kappa shape index (κ3) is 3.46. The molecule has 1 aliphatic heterocycles. The summed E-state index contributed by atoms with van der Waals surface area (Å²) in [6, 6.07) is 0. The van der Waals surface area contributed by atoms with Crippen LogP contribution in [-0.4, -0.2) is 37.6 Å². The van der Waals surface area contributed by atoms with Crippen LogP contribution in [0.5, 0.6) is 0 Å². The molecule has 5 nitrogen and oxygen atoms in total. The molecular formula is C13H16F3N5S. The van der Waals surface area contributed by atoms with Gasteiger partial charge in [0.2, 0.25) is 0 Å². The first-order valence-electron chi connectivity index (χ1n) is 6.99. The van der Waals surface area contributed by atoms with Crippen LogP contribution in [0.1, 0.15) is 23.6 Å². The van der Waals surface area contributed by atoms with E-state index in [0.717, 1.165) is 24.9 Å². The summed E-state index contributed by atoms with van der Waals surface area (Å²) in [5, 5.41) is 5.91. The number of alkyl halides is 3. The third-order valence-corrected chi connectivity index (χ3v) is 4.34. The van der Waals surface area contributed by atoms with Crippen molar-refractivity contribution in [3.63, 3.8) is 0 Å². The summed E-state index contributed by atoms with van der Waals surface area (Å²) in [5.74, 6) is 0.856. The Labute approximate surface area is 129 Å². The number of imidazole rings is 1. The van der Waals surface area contributed by atoms with Gasteiger partial charge in [0.15, 0.2) is 5.69 Å². The molecule has 0 aliphatic carbocycles. The minimum atomic E-state index is -4.37. The van der Waals surface area contributed by atoms with Crippen molar-refractivity contribution in [2.75, 3.05) is 13.6 Å². The van der Waals surface area contributed by atoms with Crippen molar-refractivity contribution < 1.29 is 13.2 Å². The zero-order chi connectivity index (χ0) is 15.7. The van der Waals surface area contributed by atoms with Gasteiger partial charge in [0.1, 0.15) is 5.82 Å². The normalized spacial score (nSPS) is 18.7. The first kappa shape index (κ1) is 15.4. The van der Waals surface area contributed by atoms with E-state index in [1.807, 2.05) is 12.4 Å². The summed E-state index contributed by atoms with van der Waals surface area (Å²) < 4.78 is 43.6. The zero-order valence-corrected chi connectivity index (χ0v) is 12.9. The van der Waals surface area contributed by atoms with E-state index in [4.69, 9.17) is 0 Å². The highest BCUT2D eigenvalue weighted by Crippen LogP contribution is 2.30. The van der Waals surface area contributed by atoms with Gasteiger partial charge in [0, 0.05) is 37.6 Å². The van der Waals surface area contributed by atoms with Crippen LogP contribution < -0.4 is 0 Å². The van der Waals surface area contributed by atoms with Crippen molar-refractivity contribution in [3.05, 3.63) is 28.8 Å². The highest BCUT2D eigenvalue weighted by Gasteiger charge is 2.35. The second-order valence-corrected chi connectivity index (χ2v) is 6.30. The topological polar surface area (TPSA) is 46.8 Å². The van der Waals surface area contributed by atoms with Crippen molar-refractivity contribution in [1.82, 2.24) is 24.0 Å². The quantitative estimate of drug-likeness (QED) is 0.863. The summed E-state index contributed by atoms with van der Waals surface area (Å²) in [4.78, 5) is 5.84. The lowest BCUT2D eigenvalue weighted by molar-refractivity contribution is -0.141. The van der Waals surface area contributed by atoms with E-state index < -0.39 is 11.9 Å². The monoisotopic (exact) mass is 331 g/mol. The van der Waals surface area contributed by atoms with Gasteiger partial charge in [-0.05, 0) is 30.9 Å². The Hall–Kier alpha value is -1.48. The minimum Gasteiger partial charge on any atom is -0.334 e. The largest absolute Gasteiger partial charge is 0.434 e. The van der Waals surface area contributed by atoms with Crippen LogP contribution in [0.15, 0.2) is 11.6 Å². The average Bonchev–Trinajstić information content (AvgIpc) is 3.06. The lowest BCUT2D eigenvalue weighted by atomic mass is 9.99. The van der Waals surface area contributed by atoms with Crippen LogP contribution in [0.2, 0.25) is 0 Å². The first-order chi connectivity index (χ1) is 10.4. The van der Waals surface area contributed by atoms with Gasteiger partial charge >= 0.3 is 6.18 Å². The molecule has 22 heavy (non-hydrogen) atoms. The molecule has 0 unspecified atom stereocenters. The molecule has 0 spiro atoms. The van der Waals surface area contributed by atoms with Gasteiger partial charge in [-0.2, -0.15) is 13.2 Å². The fourth-order valence-electron chi connectivity index (χ4n) is 2.83. The molecule has 120 valence electrons. The molecule has 3 rings (SSSR count). The maximum atomic E-state index is 12.7. The highest BCUT2D eigenvalue weighted by atomic mass is 32.1. The zero-order valence-electron chi connectivity index (χ0n) is 12.0. The van der Waals surface area contributed by atoms with Gasteiger partial charge in [0.05, 0.1) is 5.69 Å². The maximum Gasteiger partial charge on any atom is 0.434 e. The number of aromatic nitrogens is 4. The molecule has 3 heterocycles. The summed E-state index contributed by atoms with van der Waals surface area (Å²) in [5.41, 5.74) is 0.135. The molecule has 0 aromatic carbocycles. The van der Waals surface area contributed by atoms with Gasteiger partial charge in [-0.15, -0.1) is 5.10 Å². The molecule has 0 amide bonds. The number of fused-ring (bicyclic) bond motifs is 1. The Bertz CT molecular complexity index is 622. The van der Waals surface area contributed by atoms with Gasteiger partial charge in [-0.1, -0.05) is 4.49 Å². The maximum absolute atomic E-state index is 12.7. The summed E-state index contributed by atoms with van der Waals surface area (Å²) in [6.07, 6.45) is -1.79. The van der Waals surface area contributed by atoms with E-state index in [9.17, 15) is 13.2 Å². The van der Waals surface area contributed by atoms with Crippen LogP contribution in [0, 0.1) is 5.92 Å². The molecule has 1 atom stereocenters. The fourth-order valence-corrected chi connectivity index (χ4v) is 3.28. The molecule has 0 bridgehead atoms. The number of hydrogen-bond acceptors (Lipinski definition) is 5. The molecule has 2 aromatic heterocycles. The first-order valence-corrected chi connectivity index (χ1v) is 7.83. The number of nitrogens with zero attached hydrogens (tertiary/aromatic N) is 5. The number of aryl methyl sites for hydroxylation is 1. The average molecular weight is 331 g/mol. The van der Waals surface area contributed by atoms with E-state index >= 15 is 0 Å². The van der Waals surface area contributed by atoms with Crippen LogP contribution >= 0.6 is 11.5 Å². The van der Waals surface area contributed by atoms with E-state index in [1.165, 1.54) is 11.5 Å². The second kappa shape index (κ2) is 5.96. The van der Waals surface area contributed by atoms with Crippen molar-refractivity contribution in [2.45, 2.75) is 32.1 Å². The van der Waals surface area contributed by atoms with Crippen molar-refractivity contribution in [2.24, 2.45) is 5.92 Å². The Balaban J connectivity index is 1.60. The van der Waals surface area contributed by atoms with E-state index in [2.05, 4.69) is 19.5 Å². The minimum absolute atomic E-state index is 0.319. The standard InChI is InChI=1S/C13H16F3N5S/c1-20(6-10-8-22-19-18-10)4-9-2-3-12-17-11(13(14,15)16)7-21(12)5-9/h7-9H,2-6H2,1H3/t9-/m1/s1. The lowest BCUT2D eigenvalue weighted by Crippen LogP contribution is -2.31. The lowest BCUT2D eigenvalue weighted by Gasteiger charge is -2.27. The van der Waals surface area contributed by atoms with Crippen LogP contribution in [-0.2, 0) is 25.7 Å². The Morgan fingerprint density at radius 1 is 1.45 bits per heavy atom. The van der Waals surface area contributed by atoms with Gasteiger partial charge in [-0.3, -0.25) is 0 Å². The fraction of sp³-hybridized carbons (Fsp3) is 0.615. The summed E-state index contributed by atoms with van der Waals surface area (Å²) >= 11 is 1.32. The number of halogens is 3. The van der Waals surface area contributed by atoms with Crippen LogP contribution in [0.3, 0.4) is 0 Å². The summed E-state index contributed by atoms with van der Waals surface area (Å²) in [7, 11) is 1.99. The van der Waals surface area contributed by atoms with Crippen LogP contribution in [0.4, 0.5) is 13.2 Å². The van der Waals surface area contributed by atoms with Crippen LogP contribution in [0.25, 0.3) is 0 Å². The highest BCUT2D eigenvalue weighted by molar-refractivity contribution is 7.03. The number of rotatable bonds is 4. The van der Waals surface area contributed by atoms with E-state index in [-0.39, 0.29) is 0 Å². The molecule has 0 fully saturated rings. The Kier molecular flexibility index (Phi) is 4.18. The predicted octanol–water partition coefficient (Wildman–Crippen LogP) is 2.45. The molecule has 0 saturated carbocycles. The molecule has 0 radical (unpaired) electrons.